The van der Waals surface area contributed by atoms with Crippen LogP contribution in [0, 0.1) is 17.5 Å². The minimum absolute atomic E-state index is 0.292. The Morgan fingerprint density at radius 3 is 2.81 bits per heavy atom. The van der Waals surface area contributed by atoms with Crippen LogP contribution in [-0.2, 0) is 17.6 Å². The summed E-state index contributed by atoms with van der Waals surface area (Å²) in [5, 5.41) is 2.98. The molecule has 2 heterocycles. The van der Waals surface area contributed by atoms with Gasteiger partial charge in [-0.15, -0.1) is 11.3 Å². The monoisotopic (exact) mass is 393 g/mol. The van der Waals surface area contributed by atoms with Gasteiger partial charge in [0.15, 0.2) is 24.1 Å². The van der Waals surface area contributed by atoms with E-state index in [-0.39, 0.29) is 0 Å². The first kappa shape index (κ1) is 17.7. The van der Waals surface area contributed by atoms with Crippen LogP contribution in [-0.4, -0.2) is 22.5 Å². The number of hydrogen-bond donors (Lipinski definition) is 1. The second-order valence-corrected chi connectivity index (χ2v) is 7.21. The molecule has 0 atom stereocenters. The summed E-state index contributed by atoms with van der Waals surface area (Å²) in [6, 6.07) is 1.68. The van der Waals surface area contributed by atoms with Crippen LogP contribution in [0.5, 0.6) is 5.88 Å². The number of rotatable bonds is 4. The summed E-state index contributed by atoms with van der Waals surface area (Å²) in [5.41, 5.74) is 0.701. The van der Waals surface area contributed by atoms with Crippen molar-refractivity contribution in [3.8, 4) is 5.88 Å². The first-order valence-corrected chi connectivity index (χ1v) is 9.17. The molecule has 1 aliphatic rings. The molecule has 0 aliphatic heterocycles. The minimum atomic E-state index is -1.64. The van der Waals surface area contributed by atoms with Gasteiger partial charge in [0, 0.05) is 4.88 Å². The van der Waals surface area contributed by atoms with Gasteiger partial charge in [-0.3, -0.25) is 4.79 Å². The van der Waals surface area contributed by atoms with E-state index in [1.165, 1.54) is 11.2 Å². The highest BCUT2D eigenvalue weighted by molar-refractivity contribution is 7.18. The molecule has 0 bridgehead atoms. The molecule has 1 aliphatic carbocycles. The molecule has 3 aromatic rings. The molecule has 1 aromatic carbocycles. The van der Waals surface area contributed by atoms with Crippen LogP contribution >= 0.6 is 11.3 Å². The molecule has 2 aromatic heterocycles. The Balaban J connectivity index is 1.51. The van der Waals surface area contributed by atoms with Gasteiger partial charge in [0.25, 0.3) is 5.91 Å². The number of amides is 1. The summed E-state index contributed by atoms with van der Waals surface area (Å²) in [4.78, 5) is 22.5. The van der Waals surface area contributed by atoms with E-state index in [0.29, 0.717) is 5.88 Å². The van der Waals surface area contributed by atoms with E-state index in [1.54, 1.807) is 11.3 Å². The van der Waals surface area contributed by atoms with Crippen LogP contribution in [0.15, 0.2) is 18.5 Å². The first-order valence-electron chi connectivity index (χ1n) is 8.36. The number of carbonyl (C=O) groups is 1. The SMILES string of the molecule is O=C(COc1ncnc2sc3c(c12)CCCC3)Nc1ccc(F)c(F)c1F. The molecular weight excluding hydrogens is 379 g/mol. The lowest BCUT2D eigenvalue weighted by Crippen LogP contribution is -2.21. The molecule has 0 saturated heterocycles. The molecule has 0 radical (unpaired) electrons. The molecule has 0 spiro atoms. The largest absolute Gasteiger partial charge is 0.467 e. The highest BCUT2D eigenvalue weighted by Crippen LogP contribution is 2.38. The van der Waals surface area contributed by atoms with Crippen LogP contribution in [0.2, 0.25) is 0 Å². The molecule has 0 fully saturated rings. The Morgan fingerprint density at radius 1 is 1.15 bits per heavy atom. The maximum Gasteiger partial charge on any atom is 0.262 e. The highest BCUT2D eigenvalue weighted by Gasteiger charge is 2.21. The lowest BCUT2D eigenvalue weighted by molar-refractivity contribution is -0.118. The molecule has 1 N–H and O–H groups in total. The number of nitrogens with one attached hydrogen (secondary N) is 1. The number of nitrogens with zero attached hydrogens (tertiary/aromatic N) is 2. The number of benzene rings is 1. The van der Waals surface area contributed by atoms with Crippen molar-refractivity contribution in [3.05, 3.63) is 46.4 Å². The Labute approximate surface area is 156 Å². The van der Waals surface area contributed by atoms with Crippen molar-refractivity contribution < 1.29 is 22.7 Å². The third-order valence-corrected chi connectivity index (χ3v) is 5.57. The van der Waals surface area contributed by atoms with E-state index in [0.717, 1.165) is 53.6 Å². The third kappa shape index (κ3) is 3.34. The maximum atomic E-state index is 13.7. The molecular formula is C18H14F3N3O2S. The smallest absolute Gasteiger partial charge is 0.262 e. The molecule has 5 nitrogen and oxygen atoms in total. The van der Waals surface area contributed by atoms with Gasteiger partial charge < -0.3 is 10.1 Å². The standard InChI is InChI=1S/C18H14F3N3O2S/c19-10-5-6-11(16(21)15(10)20)24-13(25)7-26-17-14-9-3-1-2-4-12(9)27-18(14)23-8-22-17/h5-6,8H,1-4,7H2,(H,24,25). The maximum absolute atomic E-state index is 13.7. The van der Waals surface area contributed by atoms with Crippen molar-refractivity contribution in [3.63, 3.8) is 0 Å². The van der Waals surface area contributed by atoms with Crippen molar-refractivity contribution in [2.75, 3.05) is 11.9 Å². The van der Waals surface area contributed by atoms with E-state index in [1.807, 2.05) is 0 Å². The predicted octanol–water partition coefficient (Wildman–Crippen LogP) is 4.00. The quantitative estimate of drug-likeness (QED) is 0.681. The van der Waals surface area contributed by atoms with E-state index in [2.05, 4.69) is 15.3 Å². The fourth-order valence-corrected chi connectivity index (χ4v) is 4.33. The Bertz CT molecular complexity index is 1040. The van der Waals surface area contributed by atoms with Crippen molar-refractivity contribution in [1.29, 1.82) is 0 Å². The van der Waals surface area contributed by atoms with E-state index >= 15 is 0 Å². The summed E-state index contributed by atoms with van der Waals surface area (Å²) in [5.74, 6) is -4.85. The summed E-state index contributed by atoms with van der Waals surface area (Å²) >= 11 is 1.60. The molecule has 1 amide bonds. The number of fused-ring (bicyclic) bond motifs is 3. The van der Waals surface area contributed by atoms with E-state index in [4.69, 9.17) is 4.74 Å². The van der Waals surface area contributed by atoms with Gasteiger partial charge >= 0.3 is 0 Å². The predicted molar refractivity (Wildman–Crippen MR) is 94.5 cm³/mol. The first-order chi connectivity index (χ1) is 13.0. The van der Waals surface area contributed by atoms with Gasteiger partial charge in [-0.1, -0.05) is 0 Å². The van der Waals surface area contributed by atoms with Gasteiger partial charge in [-0.05, 0) is 43.4 Å². The molecule has 27 heavy (non-hydrogen) atoms. The third-order valence-electron chi connectivity index (χ3n) is 4.37. The molecule has 140 valence electrons. The zero-order valence-corrected chi connectivity index (χ0v) is 14.8. The zero-order chi connectivity index (χ0) is 19.0. The van der Waals surface area contributed by atoms with E-state index in [9.17, 15) is 18.0 Å². The molecule has 4 rings (SSSR count). The van der Waals surface area contributed by atoms with E-state index < -0.39 is 35.7 Å². The van der Waals surface area contributed by atoms with Crippen LogP contribution in [0.4, 0.5) is 18.9 Å². The molecule has 0 unspecified atom stereocenters. The number of ether oxygens (including phenoxy) is 1. The van der Waals surface area contributed by atoms with Crippen molar-refractivity contribution in [1.82, 2.24) is 9.97 Å². The number of hydrogen-bond acceptors (Lipinski definition) is 5. The Hall–Kier alpha value is -2.68. The Kier molecular flexibility index (Phi) is 4.69. The lowest BCUT2D eigenvalue weighted by Gasteiger charge is -2.12. The summed E-state index contributed by atoms with van der Waals surface area (Å²) < 4.78 is 45.4. The topological polar surface area (TPSA) is 64.1 Å². The lowest BCUT2D eigenvalue weighted by atomic mass is 9.97. The van der Waals surface area contributed by atoms with Crippen LogP contribution in [0.3, 0.4) is 0 Å². The second kappa shape index (κ2) is 7.15. The van der Waals surface area contributed by atoms with Crippen molar-refractivity contribution >= 4 is 33.1 Å². The van der Waals surface area contributed by atoms with Gasteiger partial charge in [0.2, 0.25) is 5.88 Å². The Morgan fingerprint density at radius 2 is 1.96 bits per heavy atom. The fourth-order valence-electron chi connectivity index (χ4n) is 3.11. The number of aromatic nitrogens is 2. The second-order valence-electron chi connectivity index (χ2n) is 6.13. The van der Waals surface area contributed by atoms with Crippen LogP contribution < -0.4 is 10.1 Å². The highest BCUT2D eigenvalue weighted by atomic mass is 32.1. The summed E-state index contributed by atoms with van der Waals surface area (Å²) in [7, 11) is 0. The summed E-state index contributed by atoms with van der Waals surface area (Å²) in [6.07, 6.45) is 5.47. The van der Waals surface area contributed by atoms with Gasteiger partial charge in [-0.25, -0.2) is 23.1 Å². The van der Waals surface area contributed by atoms with Crippen molar-refractivity contribution in [2.45, 2.75) is 25.7 Å². The normalized spacial score (nSPS) is 13.4. The van der Waals surface area contributed by atoms with Gasteiger partial charge in [-0.2, -0.15) is 0 Å². The molecule has 9 heteroatoms. The summed E-state index contributed by atoms with van der Waals surface area (Å²) in [6.45, 7) is -0.449. The average molecular weight is 393 g/mol. The minimum Gasteiger partial charge on any atom is -0.467 e. The number of anilines is 1. The molecule has 0 saturated carbocycles. The van der Waals surface area contributed by atoms with Gasteiger partial charge in [0.1, 0.15) is 11.2 Å². The number of carbonyl (C=O) groups excluding carboxylic acids is 1. The number of thiophene rings is 1. The van der Waals surface area contributed by atoms with Crippen LogP contribution in [0.1, 0.15) is 23.3 Å². The number of aryl methyl sites for hydroxylation is 2. The number of halogens is 3. The fraction of sp³-hybridized carbons (Fsp3) is 0.278. The van der Waals surface area contributed by atoms with Gasteiger partial charge in [0.05, 0.1) is 11.1 Å². The van der Waals surface area contributed by atoms with Crippen molar-refractivity contribution in [2.24, 2.45) is 0 Å². The zero-order valence-electron chi connectivity index (χ0n) is 14.0. The van der Waals surface area contributed by atoms with Crippen LogP contribution in [0.25, 0.3) is 10.2 Å². The average Bonchev–Trinajstić information content (AvgIpc) is 3.06.